The standard InChI is InChI=1S/C18H31NO6/c1-9-17(5,6)24-22-14(23-25-18(7,8)10-2)11-19-15(20)12(3)13(4)16(19)21/h14H,9-11H2,1-8H3. The molecule has 1 heterocycles. The second kappa shape index (κ2) is 8.40. The van der Waals surface area contributed by atoms with Crippen molar-refractivity contribution in [3.8, 4) is 0 Å². The number of nitrogens with zero attached hydrogens (tertiary/aromatic N) is 1. The lowest BCUT2D eigenvalue weighted by atomic mass is 10.1. The van der Waals surface area contributed by atoms with Crippen LogP contribution in [-0.4, -0.2) is 40.8 Å². The highest BCUT2D eigenvalue weighted by molar-refractivity contribution is 6.18. The SMILES string of the molecule is CCC(C)(C)OOC(CN1C(=O)C(C)=C(C)C1=O)OOC(C)(C)CC. The van der Waals surface area contributed by atoms with Gasteiger partial charge in [-0.25, -0.2) is 9.78 Å². The van der Waals surface area contributed by atoms with Crippen LogP contribution in [0.4, 0.5) is 0 Å². The molecular weight excluding hydrogens is 326 g/mol. The van der Waals surface area contributed by atoms with E-state index in [2.05, 4.69) is 0 Å². The molecule has 7 heteroatoms. The van der Waals surface area contributed by atoms with Crippen molar-refractivity contribution >= 4 is 11.8 Å². The van der Waals surface area contributed by atoms with Crippen molar-refractivity contribution in [2.24, 2.45) is 0 Å². The van der Waals surface area contributed by atoms with E-state index in [-0.39, 0.29) is 18.4 Å². The summed E-state index contributed by atoms with van der Waals surface area (Å²) in [5.41, 5.74) is -0.225. The Bertz CT molecular complexity index is 494. The Morgan fingerprint density at radius 1 is 0.840 bits per heavy atom. The van der Waals surface area contributed by atoms with Crippen LogP contribution in [0.25, 0.3) is 0 Å². The number of hydrogen-bond donors (Lipinski definition) is 0. The third-order valence-corrected chi connectivity index (χ3v) is 4.49. The van der Waals surface area contributed by atoms with Gasteiger partial charge in [0.2, 0.25) is 6.29 Å². The van der Waals surface area contributed by atoms with Gasteiger partial charge in [-0.15, -0.1) is 0 Å². The molecule has 1 aliphatic rings. The van der Waals surface area contributed by atoms with Gasteiger partial charge in [-0.1, -0.05) is 13.8 Å². The summed E-state index contributed by atoms with van der Waals surface area (Å²) in [4.78, 5) is 47.1. The van der Waals surface area contributed by atoms with E-state index in [4.69, 9.17) is 19.6 Å². The van der Waals surface area contributed by atoms with Crippen LogP contribution in [0.2, 0.25) is 0 Å². The minimum Gasteiger partial charge on any atom is -0.270 e. The molecule has 0 radical (unpaired) electrons. The Morgan fingerprint density at radius 3 is 1.52 bits per heavy atom. The molecule has 0 fully saturated rings. The molecule has 25 heavy (non-hydrogen) atoms. The first-order valence-corrected chi connectivity index (χ1v) is 8.66. The predicted octanol–water partition coefficient (Wildman–Crippen LogP) is 3.29. The zero-order chi connectivity index (χ0) is 19.4. The number of carbonyl (C=O) groups is 2. The predicted molar refractivity (Wildman–Crippen MR) is 92.0 cm³/mol. The summed E-state index contributed by atoms with van der Waals surface area (Å²) in [6, 6.07) is 0. The molecule has 0 spiro atoms. The molecule has 0 unspecified atom stereocenters. The van der Waals surface area contributed by atoms with E-state index in [0.717, 1.165) is 4.90 Å². The van der Waals surface area contributed by atoms with Crippen LogP contribution in [-0.2, 0) is 29.1 Å². The molecular formula is C18H31NO6. The quantitative estimate of drug-likeness (QED) is 0.258. The zero-order valence-corrected chi connectivity index (χ0v) is 16.6. The van der Waals surface area contributed by atoms with Gasteiger partial charge in [-0.2, -0.15) is 9.78 Å². The van der Waals surface area contributed by atoms with Gasteiger partial charge in [0.05, 0.1) is 17.7 Å². The summed E-state index contributed by atoms with van der Waals surface area (Å²) in [5.74, 6) is -0.714. The molecule has 0 N–H and O–H groups in total. The summed E-state index contributed by atoms with van der Waals surface area (Å²) in [6.45, 7) is 14.5. The van der Waals surface area contributed by atoms with Crippen molar-refractivity contribution < 1.29 is 29.1 Å². The van der Waals surface area contributed by atoms with Crippen molar-refractivity contribution in [1.29, 1.82) is 0 Å². The molecule has 0 aromatic heterocycles. The van der Waals surface area contributed by atoms with Crippen molar-refractivity contribution in [1.82, 2.24) is 4.90 Å². The Morgan fingerprint density at radius 2 is 1.20 bits per heavy atom. The summed E-state index contributed by atoms with van der Waals surface area (Å²) >= 11 is 0. The van der Waals surface area contributed by atoms with Crippen LogP contribution in [0.5, 0.6) is 0 Å². The number of imide groups is 1. The Hall–Kier alpha value is -1.28. The van der Waals surface area contributed by atoms with Crippen LogP contribution < -0.4 is 0 Å². The Labute approximate surface area is 150 Å². The lowest BCUT2D eigenvalue weighted by molar-refractivity contribution is -0.499. The Balaban J connectivity index is 2.81. The molecule has 1 rings (SSSR count). The molecule has 0 bridgehead atoms. The lowest BCUT2D eigenvalue weighted by Crippen LogP contribution is -2.42. The van der Waals surface area contributed by atoms with E-state index in [1.165, 1.54) is 0 Å². The van der Waals surface area contributed by atoms with E-state index in [9.17, 15) is 9.59 Å². The second-order valence-electron chi connectivity index (χ2n) is 7.49. The topological polar surface area (TPSA) is 74.3 Å². The molecule has 0 saturated heterocycles. The maximum atomic E-state index is 12.2. The maximum Gasteiger partial charge on any atom is 0.257 e. The molecule has 1 aliphatic heterocycles. The van der Waals surface area contributed by atoms with Gasteiger partial charge in [-0.05, 0) is 54.4 Å². The molecule has 7 nitrogen and oxygen atoms in total. The van der Waals surface area contributed by atoms with Crippen molar-refractivity contribution in [2.75, 3.05) is 6.54 Å². The molecule has 0 saturated carbocycles. The lowest BCUT2D eigenvalue weighted by Gasteiger charge is -2.29. The van der Waals surface area contributed by atoms with E-state index in [0.29, 0.717) is 24.0 Å². The Kier molecular flexibility index (Phi) is 7.31. The summed E-state index contributed by atoms with van der Waals surface area (Å²) < 4.78 is 0. The number of carbonyl (C=O) groups excluding carboxylic acids is 2. The summed E-state index contributed by atoms with van der Waals surface area (Å²) in [5, 5.41) is 0. The molecule has 0 atom stereocenters. The normalized spacial score (nSPS) is 16.6. The highest BCUT2D eigenvalue weighted by Crippen LogP contribution is 2.23. The van der Waals surface area contributed by atoms with Gasteiger partial charge >= 0.3 is 0 Å². The number of rotatable bonds is 10. The van der Waals surface area contributed by atoms with Crippen LogP contribution in [0.1, 0.15) is 68.2 Å². The van der Waals surface area contributed by atoms with E-state index in [1.54, 1.807) is 13.8 Å². The smallest absolute Gasteiger partial charge is 0.257 e. The fourth-order valence-electron chi connectivity index (χ4n) is 1.70. The highest BCUT2D eigenvalue weighted by Gasteiger charge is 2.37. The van der Waals surface area contributed by atoms with Gasteiger partial charge in [0.15, 0.2) is 0 Å². The minimum atomic E-state index is -1.05. The van der Waals surface area contributed by atoms with Gasteiger partial charge < -0.3 is 0 Å². The fraction of sp³-hybridized carbons (Fsp3) is 0.778. The van der Waals surface area contributed by atoms with Crippen LogP contribution in [0.3, 0.4) is 0 Å². The van der Waals surface area contributed by atoms with Gasteiger partial charge in [0, 0.05) is 11.1 Å². The summed E-state index contributed by atoms with van der Waals surface area (Å²) in [6.07, 6.45) is 0.369. The highest BCUT2D eigenvalue weighted by atomic mass is 17.3. The van der Waals surface area contributed by atoms with E-state index in [1.807, 2.05) is 41.5 Å². The second-order valence-corrected chi connectivity index (χ2v) is 7.49. The maximum absolute atomic E-state index is 12.2. The monoisotopic (exact) mass is 357 g/mol. The van der Waals surface area contributed by atoms with Crippen molar-refractivity contribution in [3.05, 3.63) is 11.1 Å². The van der Waals surface area contributed by atoms with Crippen LogP contribution in [0, 0.1) is 0 Å². The third-order valence-electron chi connectivity index (χ3n) is 4.49. The van der Waals surface area contributed by atoms with Gasteiger partial charge in [0.25, 0.3) is 11.8 Å². The number of amides is 2. The minimum absolute atomic E-state index is 0.119. The average Bonchev–Trinajstić information content (AvgIpc) is 2.74. The van der Waals surface area contributed by atoms with Crippen molar-refractivity contribution in [2.45, 2.75) is 85.7 Å². The summed E-state index contributed by atoms with van der Waals surface area (Å²) in [7, 11) is 0. The van der Waals surface area contributed by atoms with Crippen molar-refractivity contribution in [3.63, 3.8) is 0 Å². The van der Waals surface area contributed by atoms with Gasteiger partial charge in [-0.3, -0.25) is 14.5 Å². The first-order valence-electron chi connectivity index (χ1n) is 8.66. The van der Waals surface area contributed by atoms with E-state index >= 15 is 0 Å². The average molecular weight is 357 g/mol. The molecule has 0 aromatic carbocycles. The first-order chi connectivity index (χ1) is 11.4. The molecule has 0 aromatic rings. The largest absolute Gasteiger partial charge is 0.270 e. The molecule has 2 amide bonds. The molecule has 144 valence electrons. The zero-order valence-electron chi connectivity index (χ0n) is 16.6. The van der Waals surface area contributed by atoms with E-state index < -0.39 is 17.5 Å². The van der Waals surface area contributed by atoms with Gasteiger partial charge in [0.1, 0.15) is 0 Å². The van der Waals surface area contributed by atoms with Crippen LogP contribution in [0.15, 0.2) is 11.1 Å². The van der Waals surface area contributed by atoms with Crippen LogP contribution >= 0.6 is 0 Å². The third kappa shape index (κ3) is 5.88. The number of hydrogen-bond acceptors (Lipinski definition) is 6. The molecule has 0 aliphatic carbocycles. The fourth-order valence-corrected chi connectivity index (χ4v) is 1.70. The first kappa shape index (κ1) is 21.8.